The van der Waals surface area contributed by atoms with Crippen molar-refractivity contribution in [2.45, 2.75) is 43.5 Å². The summed E-state index contributed by atoms with van der Waals surface area (Å²) >= 11 is 0. The summed E-state index contributed by atoms with van der Waals surface area (Å²) in [6, 6.07) is -0.441. The Balaban J connectivity index is 1.87. The first-order valence-corrected chi connectivity index (χ1v) is 7.56. The smallest absolute Gasteiger partial charge is 0.238 e. The summed E-state index contributed by atoms with van der Waals surface area (Å²) in [5, 5.41) is 5.37. The molecule has 0 aromatic heterocycles. The van der Waals surface area contributed by atoms with Gasteiger partial charge in [0.15, 0.2) is 0 Å². The van der Waals surface area contributed by atoms with E-state index in [1.807, 2.05) is 0 Å². The molecule has 1 amide bonds. The van der Waals surface area contributed by atoms with Crippen molar-refractivity contribution in [3.05, 3.63) is 0 Å². The third-order valence-electron chi connectivity index (χ3n) is 3.11. The second-order valence-corrected chi connectivity index (χ2v) is 6.77. The summed E-state index contributed by atoms with van der Waals surface area (Å²) in [5.74, 6) is -0.234. The Kier molecular flexibility index (Phi) is 3.70. The Hall–Kier alpha value is -0.660. The van der Waals surface area contributed by atoms with Gasteiger partial charge in [-0.3, -0.25) is 4.79 Å². The second-order valence-electron chi connectivity index (χ2n) is 4.78. The van der Waals surface area contributed by atoms with Gasteiger partial charge in [-0.1, -0.05) is 0 Å². The second kappa shape index (κ2) is 4.91. The fourth-order valence-electron chi connectivity index (χ4n) is 1.84. The first kappa shape index (κ1) is 12.8. The highest BCUT2D eigenvalue weighted by Crippen LogP contribution is 2.18. The van der Waals surface area contributed by atoms with Crippen LogP contribution in [0.5, 0.6) is 0 Å². The van der Waals surface area contributed by atoms with Gasteiger partial charge in [-0.15, -0.1) is 0 Å². The molecule has 2 unspecified atom stereocenters. The Bertz CT molecular complexity index is 386. The summed E-state index contributed by atoms with van der Waals surface area (Å²) in [6.07, 6.45) is 2.60. The van der Waals surface area contributed by atoms with E-state index in [-0.39, 0.29) is 11.9 Å². The Morgan fingerprint density at radius 1 is 1.35 bits per heavy atom. The van der Waals surface area contributed by atoms with E-state index in [4.69, 9.17) is 0 Å². The standard InChI is InChI=1S/C10H19N3O3S/c1-7(10(14)12-8-2-3-8)13-17(15,16)9-4-5-11-6-9/h7-9,11,13H,2-6H2,1H3,(H,12,14). The summed E-state index contributed by atoms with van der Waals surface area (Å²) in [4.78, 5) is 11.6. The van der Waals surface area contributed by atoms with Crippen LogP contribution in [0.4, 0.5) is 0 Å². The highest BCUT2D eigenvalue weighted by atomic mass is 32.2. The van der Waals surface area contributed by atoms with Gasteiger partial charge < -0.3 is 10.6 Å². The molecule has 2 rings (SSSR count). The SMILES string of the molecule is CC(NS(=O)(=O)C1CCNC1)C(=O)NC1CC1. The van der Waals surface area contributed by atoms with Gasteiger partial charge in [-0.25, -0.2) is 13.1 Å². The van der Waals surface area contributed by atoms with Crippen molar-refractivity contribution in [1.82, 2.24) is 15.4 Å². The quantitative estimate of drug-likeness (QED) is 0.588. The lowest BCUT2D eigenvalue weighted by Crippen LogP contribution is -2.48. The predicted molar refractivity (Wildman–Crippen MR) is 64.0 cm³/mol. The molecular weight excluding hydrogens is 242 g/mol. The minimum atomic E-state index is -3.39. The molecule has 0 aromatic rings. The van der Waals surface area contributed by atoms with Gasteiger partial charge in [0, 0.05) is 12.6 Å². The van der Waals surface area contributed by atoms with Gasteiger partial charge in [0.2, 0.25) is 15.9 Å². The van der Waals surface area contributed by atoms with E-state index in [9.17, 15) is 13.2 Å². The molecule has 1 aliphatic carbocycles. The van der Waals surface area contributed by atoms with Crippen LogP contribution < -0.4 is 15.4 Å². The average Bonchev–Trinajstić information content (AvgIpc) is 2.88. The minimum absolute atomic E-state index is 0.234. The number of carbonyl (C=O) groups excluding carboxylic acids is 1. The van der Waals surface area contributed by atoms with E-state index in [2.05, 4.69) is 15.4 Å². The molecule has 0 radical (unpaired) electrons. The lowest BCUT2D eigenvalue weighted by Gasteiger charge is -2.17. The maximum absolute atomic E-state index is 11.9. The number of rotatable bonds is 5. The summed E-state index contributed by atoms with van der Waals surface area (Å²) in [6.45, 7) is 2.76. The number of sulfonamides is 1. The zero-order valence-electron chi connectivity index (χ0n) is 9.90. The maximum Gasteiger partial charge on any atom is 0.238 e. The third-order valence-corrected chi connectivity index (χ3v) is 5.07. The largest absolute Gasteiger partial charge is 0.352 e. The van der Waals surface area contributed by atoms with Crippen LogP contribution in [-0.2, 0) is 14.8 Å². The molecule has 0 spiro atoms. The van der Waals surface area contributed by atoms with E-state index in [1.54, 1.807) is 6.92 Å². The molecular formula is C10H19N3O3S. The number of carbonyl (C=O) groups is 1. The topological polar surface area (TPSA) is 87.3 Å². The predicted octanol–water partition coefficient (Wildman–Crippen LogP) is -1.07. The van der Waals surface area contributed by atoms with Crippen LogP contribution in [0, 0.1) is 0 Å². The van der Waals surface area contributed by atoms with Crippen molar-refractivity contribution in [2.24, 2.45) is 0 Å². The lowest BCUT2D eigenvalue weighted by atomic mass is 10.3. The lowest BCUT2D eigenvalue weighted by molar-refractivity contribution is -0.122. The van der Waals surface area contributed by atoms with Gasteiger partial charge in [0.05, 0.1) is 11.3 Å². The molecule has 1 heterocycles. The molecule has 1 saturated heterocycles. The van der Waals surface area contributed by atoms with Crippen molar-refractivity contribution in [2.75, 3.05) is 13.1 Å². The number of hydrogen-bond acceptors (Lipinski definition) is 4. The van der Waals surface area contributed by atoms with Crippen molar-refractivity contribution < 1.29 is 13.2 Å². The Morgan fingerprint density at radius 2 is 2.06 bits per heavy atom. The van der Waals surface area contributed by atoms with Crippen molar-refractivity contribution >= 4 is 15.9 Å². The Labute approximate surface area is 102 Å². The molecule has 2 atom stereocenters. The fraction of sp³-hybridized carbons (Fsp3) is 0.900. The van der Waals surface area contributed by atoms with Gasteiger partial charge >= 0.3 is 0 Å². The van der Waals surface area contributed by atoms with E-state index in [0.29, 0.717) is 19.5 Å². The summed E-state index contributed by atoms with van der Waals surface area (Å²) < 4.78 is 26.3. The zero-order valence-corrected chi connectivity index (χ0v) is 10.7. The molecule has 17 heavy (non-hydrogen) atoms. The molecule has 1 saturated carbocycles. The molecule has 3 N–H and O–H groups in total. The number of nitrogens with one attached hydrogen (secondary N) is 3. The maximum atomic E-state index is 11.9. The van der Waals surface area contributed by atoms with Crippen LogP contribution in [0.25, 0.3) is 0 Å². The van der Waals surface area contributed by atoms with Gasteiger partial charge in [-0.05, 0) is 32.7 Å². The van der Waals surface area contributed by atoms with Gasteiger partial charge in [-0.2, -0.15) is 0 Å². The van der Waals surface area contributed by atoms with Crippen LogP contribution >= 0.6 is 0 Å². The molecule has 6 nitrogen and oxygen atoms in total. The van der Waals surface area contributed by atoms with Crippen LogP contribution in [0.3, 0.4) is 0 Å². The molecule has 98 valence electrons. The molecule has 1 aliphatic heterocycles. The van der Waals surface area contributed by atoms with E-state index < -0.39 is 21.3 Å². The fourth-order valence-corrected chi connectivity index (χ4v) is 3.40. The van der Waals surface area contributed by atoms with E-state index in [0.717, 1.165) is 12.8 Å². The average molecular weight is 261 g/mol. The van der Waals surface area contributed by atoms with Gasteiger partial charge in [0.25, 0.3) is 0 Å². The summed E-state index contributed by atoms with van der Waals surface area (Å²) in [5.41, 5.74) is 0. The van der Waals surface area contributed by atoms with Crippen LogP contribution in [-0.4, -0.2) is 44.7 Å². The molecule has 7 heteroatoms. The van der Waals surface area contributed by atoms with Crippen molar-refractivity contribution in [3.8, 4) is 0 Å². The van der Waals surface area contributed by atoms with Crippen LogP contribution in [0.2, 0.25) is 0 Å². The van der Waals surface area contributed by atoms with Crippen LogP contribution in [0.15, 0.2) is 0 Å². The molecule has 2 fully saturated rings. The molecule has 0 aromatic carbocycles. The molecule has 0 bridgehead atoms. The highest BCUT2D eigenvalue weighted by Gasteiger charge is 2.32. The van der Waals surface area contributed by atoms with E-state index in [1.165, 1.54) is 0 Å². The number of amides is 1. The first-order chi connectivity index (χ1) is 7.99. The zero-order chi connectivity index (χ0) is 12.5. The third kappa shape index (κ3) is 3.40. The van der Waals surface area contributed by atoms with Crippen molar-refractivity contribution in [1.29, 1.82) is 0 Å². The minimum Gasteiger partial charge on any atom is -0.352 e. The van der Waals surface area contributed by atoms with Crippen molar-refractivity contribution in [3.63, 3.8) is 0 Å². The molecule has 2 aliphatic rings. The van der Waals surface area contributed by atoms with E-state index >= 15 is 0 Å². The monoisotopic (exact) mass is 261 g/mol. The Morgan fingerprint density at radius 3 is 2.59 bits per heavy atom. The highest BCUT2D eigenvalue weighted by molar-refractivity contribution is 7.90. The first-order valence-electron chi connectivity index (χ1n) is 6.01. The van der Waals surface area contributed by atoms with Crippen LogP contribution in [0.1, 0.15) is 26.2 Å². The van der Waals surface area contributed by atoms with Gasteiger partial charge in [0.1, 0.15) is 0 Å². The summed E-state index contributed by atoms with van der Waals surface area (Å²) in [7, 11) is -3.39. The normalized spacial score (nSPS) is 26.8. The number of hydrogen-bond donors (Lipinski definition) is 3.